The molecular formula is C9H4Cl2O. The van der Waals surface area contributed by atoms with E-state index in [9.17, 15) is 4.79 Å². The van der Waals surface area contributed by atoms with Gasteiger partial charge in [-0.05, 0) is 24.1 Å². The van der Waals surface area contributed by atoms with Crippen LogP contribution in [0.25, 0.3) is 0 Å². The number of ketones is 1. The van der Waals surface area contributed by atoms with Crippen molar-refractivity contribution in [2.24, 2.45) is 0 Å². The molecule has 0 aliphatic heterocycles. The van der Waals surface area contributed by atoms with Crippen molar-refractivity contribution in [1.82, 2.24) is 0 Å². The van der Waals surface area contributed by atoms with Crippen molar-refractivity contribution in [3.05, 3.63) is 33.8 Å². The molecule has 0 heterocycles. The van der Waals surface area contributed by atoms with Gasteiger partial charge in [-0.2, -0.15) is 0 Å². The van der Waals surface area contributed by atoms with Crippen molar-refractivity contribution < 1.29 is 4.79 Å². The average molecular weight is 199 g/mol. The molecule has 1 aromatic carbocycles. The molecule has 0 unspecified atom stereocenters. The molecule has 0 spiro atoms. The number of hydrogen-bond donors (Lipinski definition) is 0. The summed E-state index contributed by atoms with van der Waals surface area (Å²) in [6.07, 6.45) is 4.92. The second kappa shape index (κ2) is 3.62. The van der Waals surface area contributed by atoms with Gasteiger partial charge in [0.15, 0.2) is 0 Å². The Bertz CT molecular complexity index is 363. The van der Waals surface area contributed by atoms with Gasteiger partial charge >= 0.3 is 0 Å². The smallest absolute Gasteiger partial charge is 0.237 e. The van der Waals surface area contributed by atoms with Gasteiger partial charge < -0.3 is 0 Å². The maximum Gasteiger partial charge on any atom is 0.237 e. The Labute approximate surface area is 80.3 Å². The molecule has 0 radical (unpaired) electrons. The molecule has 1 aromatic rings. The number of carbonyl (C=O) groups is 1. The van der Waals surface area contributed by atoms with Gasteiger partial charge in [-0.15, -0.1) is 6.42 Å². The average Bonchev–Trinajstić information content (AvgIpc) is 2.03. The summed E-state index contributed by atoms with van der Waals surface area (Å²) < 4.78 is 0. The lowest BCUT2D eigenvalue weighted by Gasteiger charge is -1.97. The maximum absolute atomic E-state index is 11.0. The van der Waals surface area contributed by atoms with Gasteiger partial charge in [0.2, 0.25) is 5.78 Å². The Hall–Kier alpha value is -0.970. The van der Waals surface area contributed by atoms with Gasteiger partial charge in [0.1, 0.15) is 0 Å². The van der Waals surface area contributed by atoms with Crippen molar-refractivity contribution in [2.75, 3.05) is 0 Å². The summed E-state index contributed by atoms with van der Waals surface area (Å²) in [7, 11) is 0. The first-order chi connectivity index (χ1) is 5.65. The van der Waals surface area contributed by atoms with E-state index in [1.165, 1.54) is 12.1 Å². The second-order valence-electron chi connectivity index (χ2n) is 2.10. The molecule has 0 saturated heterocycles. The zero-order valence-electron chi connectivity index (χ0n) is 5.97. The molecule has 0 aromatic heterocycles. The molecule has 0 atom stereocenters. The third-order valence-corrected chi connectivity index (χ3v) is 1.85. The minimum atomic E-state index is -0.434. The molecule has 3 heteroatoms. The lowest BCUT2D eigenvalue weighted by molar-refractivity contribution is 0.105. The summed E-state index contributed by atoms with van der Waals surface area (Å²) in [5.41, 5.74) is 0.309. The first kappa shape index (κ1) is 9.12. The third-order valence-electron chi connectivity index (χ3n) is 1.31. The topological polar surface area (TPSA) is 17.1 Å². The molecule has 1 rings (SSSR count). The third kappa shape index (κ3) is 1.79. The van der Waals surface area contributed by atoms with Crippen LogP contribution in [-0.2, 0) is 0 Å². The highest BCUT2D eigenvalue weighted by Gasteiger charge is 2.06. The van der Waals surface area contributed by atoms with E-state index in [1.807, 2.05) is 5.92 Å². The highest BCUT2D eigenvalue weighted by Crippen LogP contribution is 2.20. The van der Waals surface area contributed by atoms with Crippen LogP contribution in [0, 0.1) is 12.3 Å². The number of rotatable bonds is 1. The summed E-state index contributed by atoms with van der Waals surface area (Å²) in [5.74, 6) is 1.54. The number of Topliss-reactive ketones (excluding diaryl/α,β-unsaturated/α-hetero) is 1. The summed E-state index contributed by atoms with van der Waals surface area (Å²) in [4.78, 5) is 11.0. The van der Waals surface area contributed by atoms with E-state index < -0.39 is 5.78 Å². The molecule has 1 nitrogen and oxygen atoms in total. The molecule has 12 heavy (non-hydrogen) atoms. The van der Waals surface area contributed by atoms with E-state index in [4.69, 9.17) is 29.6 Å². The SMILES string of the molecule is C#CC(=O)c1ccc(Cl)cc1Cl. The molecule has 0 saturated carbocycles. The largest absolute Gasteiger partial charge is 0.279 e. The van der Waals surface area contributed by atoms with Crippen molar-refractivity contribution in [3.63, 3.8) is 0 Å². The molecule has 0 amide bonds. The number of carbonyl (C=O) groups excluding carboxylic acids is 1. The molecule has 0 bridgehead atoms. The molecule has 60 valence electrons. The van der Waals surface area contributed by atoms with Crippen LogP contribution in [0.1, 0.15) is 10.4 Å². The van der Waals surface area contributed by atoms with Crippen molar-refractivity contribution in [1.29, 1.82) is 0 Å². The standard InChI is InChI=1S/C9H4Cl2O/c1-2-9(12)7-4-3-6(10)5-8(7)11/h1,3-5H. The van der Waals surface area contributed by atoms with Crippen LogP contribution in [0.5, 0.6) is 0 Å². The van der Waals surface area contributed by atoms with E-state index in [0.29, 0.717) is 10.6 Å². The van der Waals surface area contributed by atoms with Crippen LogP contribution in [-0.4, -0.2) is 5.78 Å². The highest BCUT2D eigenvalue weighted by atomic mass is 35.5. The summed E-state index contributed by atoms with van der Waals surface area (Å²) >= 11 is 11.3. The Kier molecular flexibility index (Phi) is 2.75. The van der Waals surface area contributed by atoms with Gasteiger partial charge in [-0.3, -0.25) is 4.79 Å². The van der Waals surface area contributed by atoms with E-state index in [0.717, 1.165) is 0 Å². The number of benzene rings is 1. The quantitative estimate of drug-likeness (QED) is 0.386. The summed E-state index contributed by atoms with van der Waals surface area (Å²) in [5, 5.41) is 0.763. The first-order valence-corrected chi connectivity index (χ1v) is 3.86. The van der Waals surface area contributed by atoms with Crippen molar-refractivity contribution >= 4 is 29.0 Å². The van der Waals surface area contributed by atoms with Gasteiger partial charge in [0, 0.05) is 10.6 Å². The first-order valence-electron chi connectivity index (χ1n) is 3.11. The van der Waals surface area contributed by atoms with E-state index >= 15 is 0 Å². The Balaban J connectivity index is 3.20. The lowest BCUT2D eigenvalue weighted by atomic mass is 10.1. The van der Waals surface area contributed by atoms with E-state index in [2.05, 4.69) is 0 Å². The maximum atomic E-state index is 11.0. The zero-order valence-corrected chi connectivity index (χ0v) is 7.49. The Morgan fingerprint density at radius 2 is 2.08 bits per heavy atom. The minimum Gasteiger partial charge on any atom is -0.279 e. The van der Waals surface area contributed by atoms with E-state index in [-0.39, 0.29) is 5.02 Å². The fraction of sp³-hybridized carbons (Fsp3) is 0. The lowest BCUT2D eigenvalue weighted by Crippen LogP contribution is -1.94. The number of terminal acetylenes is 1. The van der Waals surface area contributed by atoms with Crippen LogP contribution < -0.4 is 0 Å². The monoisotopic (exact) mass is 198 g/mol. The molecule has 0 fully saturated rings. The fourth-order valence-corrected chi connectivity index (χ4v) is 1.25. The number of hydrogen-bond acceptors (Lipinski definition) is 1. The van der Waals surface area contributed by atoms with Crippen LogP contribution in [0.2, 0.25) is 10.0 Å². The molecule has 0 aliphatic rings. The van der Waals surface area contributed by atoms with Gasteiger partial charge in [-0.25, -0.2) is 0 Å². The fourth-order valence-electron chi connectivity index (χ4n) is 0.751. The predicted octanol–water partition coefficient (Wildman–Crippen LogP) is 2.81. The van der Waals surface area contributed by atoms with Gasteiger partial charge in [0.25, 0.3) is 0 Å². The molecule has 0 N–H and O–H groups in total. The van der Waals surface area contributed by atoms with Crippen LogP contribution in [0.15, 0.2) is 18.2 Å². The van der Waals surface area contributed by atoms with Crippen molar-refractivity contribution in [2.45, 2.75) is 0 Å². The summed E-state index contributed by atoms with van der Waals surface area (Å²) in [6.45, 7) is 0. The Morgan fingerprint density at radius 3 is 2.58 bits per heavy atom. The van der Waals surface area contributed by atoms with Gasteiger partial charge in [0.05, 0.1) is 5.02 Å². The normalized spacial score (nSPS) is 9.08. The predicted molar refractivity (Wildman–Crippen MR) is 49.6 cm³/mol. The summed E-state index contributed by atoms with van der Waals surface area (Å²) in [6, 6.07) is 4.55. The Morgan fingerprint density at radius 1 is 1.42 bits per heavy atom. The molecule has 0 aliphatic carbocycles. The van der Waals surface area contributed by atoms with Crippen molar-refractivity contribution in [3.8, 4) is 12.3 Å². The van der Waals surface area contributed by atoms with Gasteiger partial charge in [-0.1, -0.05) is 23.2 Å². The number of halogens is 2. The zero-order chi connectivity index (χ0) is 9.14. The second-order valence-corrected chi connectivity index (χ2v) is 2.94. The van der Waals surface area contributed by atoms with Crippen LogP contribution in [0.3, 0.4) is 0 Å². The molecular weight excluding hydrogens is 195 g/mol. The van der Waals surface area contributed by atoms with Crippen LogP contribution in [0.4, 0.5) is 0 Å². The van der Waals surface area contributed by atoms with Crippen LogP contribution >= 0.6 is 23.2 Å². The van der Waals surface area contributed by atoms with E-state index in [1.54, 1.807) is 6.07 Å². The minimum absolute atomic E-state index is 0.283. The highest BCUT2D eigenvalue weighted by molar-refractivity contribution is 6.37.